The summed E-state index contributed by atoms with van der Waals surface area (Å²) in [6.07, 6.45) is 4.99. The molecule has 1 N–H and O–H groups in total. The van der Waals surface area contributed by atoms with Crippen molar-refractivity contribution in [2.24, 2.45) is 0 Å². The van der Waals surface area contributed by atoms with E-state index in [9.17, 15) is 4.79 Å². The molecule has 0 aliphatic heterocycles. The van der Waals surface area contributed by atoms with E-state index < -0.39 is 0 Å². The molecule has 0 aliphatic rings. The fourth-order valence-electron chi connectivity index (χ4n) is 1.64. The number of nitrogens with zero attached hydrogens (tertiary/aromatic N) is 1. The third kappa shape index (κ3) is 1.58. The first-order chi connectivity index (χ1) is 7.77. The molecule has 0 bridgehead atoms. The van der Waals surface area contributed by atoms with Crippen LogP contribution in [-0.2, 0) is 4.74 Å². The lowest BCUT2D eigenvalue weighted by molar-refractivity contribution is 0.0520. The number of carbonyl (C=O) groups excluding carboxylic acids is 1. The van der Waals surface area contributed by atoms with Crippen molar-refractivity contribution in [3.05, 3.63) is 36.3 Å². The Balaban J connectivity index is 2.60. The van der Waals surface area contributed by atoms with Gasteiger partial charge < -0.3 is 9.72 Å². The molecule has 82 valence electrons. The molecule has 2 aromatic heterocycles. The number of fused-ring (bicyclic) bond motifs is 1. The third-order valence-electron chi connectivity index (χ3n) is 2.32. The smallest absolute Gasteiger partial charge is 0.355 e. The average Bonchev–Trinajstić information content (AvgIpc) is 2.67. The van der Waals surface area contributed by atoms with E-state index in [2.05, 4.69) is 16.5 Å². The Labute approximate surface area is 93.0 Å². The van der Waals surface area contributed by atoms with Crippen LogP contribution in [0.5, 0.6) is 0 Å². The molecule has 0 radical (unpaired) electrons. The number of aromatic nitrogens is 2. The Kier molecular flexibility index (Phi) is 2.72. The van der Waals surface area contributed by atoms with Crippen LogP contribution in [-0.4, -0.2) is 22.5 Å². The van der Waals surface area contributed by atoms with Crippen molar-refractivity contribution < 1.29 is 9.53 Å². The first-order valence-electron chi connectivity index (χ1n) is 5.03. The van der Waals surface area contributed by atoms with E-state index in [1.54, 1.807) is 25.4 Å². The van der Waals surface area contributed by atoms with Crippen molar-refractivity contribution >= 4 is 22.9 Å². The molecular formula is C12H12N2O2. The zero-order chi connectivity index (χ0) is 11.5. The second-order valence-electron chi connectivity index (χ2n) is 3.26. The molecule has 2 heterocycles. The molecule has 0 spiro atoms. The van der Waals surface area contributed by atoms with Gasteiger partial charge in [-0.25, -0.2) is 4.79 Å². The summed E-state index contributed by atoms with van der Waals surface area (Å²) in [5.74, 6) is -0.367. The van der Waals surface area contributed by atoms with Crippen LogP contribution in [0.25, 0.3) is 17.0 Å². The lowest BCUT2D eigenvalue weighted by atomic mass is 10.1. The Morgan fingerprint density at radius 2 is 2.50 bits per heavy atom. The second kappa shape index (κ2) is 4.18. The van der Waals surface area contributed by atoms with Crippen molar-refractivity contribution in [2.75, 3.05) is 6.61 Å². The van der Waals surface area contributed by atoms with Crippen molar-refractivity contribution in [2.45, 2.75) is 6.92 Å². The summed E-state index contributed by atoms with van der Waals surface area (Å²) in [4.78, 5) is 18.7. The highest BCUT2D eigenvalue weighted by molar-refractivity contribution is 6.01. The van der Waals surface area contributed by atoms with Gasteiger partial charge in [0.1, 0.15) is 5.69 Å². The molecule has 0 aliphatic carbocycles. The van der Waals surface area contributed by atoms with Gasteiger partial charge in [0.2, 0.25) is 0 Å². The first kappa shape index (κ1) is 10.4. The summed E-state index contributed by atoms with van der Waals surface area (Å²) in [7, 11) is 0. The van der Waals surface area contributed by atoms with Crippen LogP contribution >= 0.6 is 0 Å². The van der Waals surface area contributed by atoms with Crippen LogP contribution in [0.3, 0.4) is 0 Å². The monoisotopic (exact) mass is 216 g/mol. The van der Waals surface area contributed by atoms with Crippen LogP contribution in [0, 0.1) is 0 Å². The van der Waals surface area contributed by atoms with E-state index in [1.165, 1.54) is 0 Å². The van der Waals surface area contributed by atoms with Crippen molar-refractivity contribution in [1.29, 1.82) is 0 Å². The van der Waals surface area contributed by atoms with E-state index >= 15 is 0 Å². The summed E-state index contributed by atoms with van der Waals surface area (Å²) >= 11 is 0. The zero-order valence-electron chi connectivity index (χ0n) is 8.99. The van der Waals surface area contributed by atoms with Crippen LogP contribution in [0.4, 0.5) is 0 Å². The molecular weight excluding hydrogens is 204 g/mol. The Morgan fingerprint density at radius 1 is 1.69 bits per heavy atom. The lowest BCUT2D eigenvalue weighted by Gasteiger charge is -1.99. The zero-order valence-corrected chi connectivity index (χ0v) is 8.99. The van der Waals surface area contributed by atoms with Gasteiger partial charge in [-0.2, -0.15) is 0 Å². The predicted octanol–water partition coefficient (Wildman–Crippen LogP) is 2.38. The first-order valence-corrected chi connectivity index (χ1v) is 5.03. The summed E-state index contributed by atoms with van der Waals surface area (Å²) in [6.45, 7) is 5.83. The number of hydrogen-bond donors (Lipinski definition) is 1. The van der Waals surface area contributed by atoms with Gasteiger partial charge in [-0.3, -0.25) is 4.98 Å². The maximum atomic E-state index is 11.7. The molecule has 16 heavy (non-hydrogen) atoms. The van der Waals surface area contributed by atoms with Gasteiger partial charge in [0, 0.05) is 17.1 Å². The number of ether oxygens (including phenoxy) is 1. The normalized spacial score (nSPS) is 10.3. The van der Waals surface area contributed by atoms with Crippen molar-refractivity contribution in [1.82, 2.24) is 9.97 Å². The van der Waals surface area contributed by atoms with Gasteiger partial charge in [0.15, 0.2) is 0 Å². The van der Waals surface area contributed by atoms with Gasteiger partial charge in [0.05, 0.1) is 18.3 Å². The molecule has 4 nitrogen and oxygen atoms in total. The largest absolute Gasteiger partial charge is 0.461 e. The topological polar surface area (TPSA) is 55.0 Å². The highest BCUT2D eigenvalue weighted by atomic mass is 16.5. The molecule has 0 saturated carbocycles. The van der Waals surface area contributed by atoms with Crippen LogP contribution in [0.2, 0.25) is 0 Å². The van der Waals surface area contributed by atoms with E-state index in [0.29, 0.717) is 12.3 Å². The van der Waals surface area contributed by atoms with Gasteiger partial charge in [-0.05, 0) is 13.0 Å². The average molecular weight is 216 g/mol. The minimum Gasteiger partial charge on any atom is -0.461 e. The maximum Gasteiger partial charge on any atom is 0.355 e. The Hall–Kier alpha value is -2.10. The van der Waals surface area contributed by atoms with Crippen molar-refractivity contribution in [3.8, 4) is 0 Å². The van der Waals surface area contributed by atoms with Gasteiger partial charge >= 0.3 is 5.97 Å². The maximum absolute atomic E-state index is 11.7. The molecule has 0 unspecified atom stereocenters. The molecule has 0 aromatic carbocycles. The van der Waals surface area contributed by atoms with Crippen molar-refractivity contribution in [3.63, 3.8) is 0 Å². The number of rotatable bonds is 3. The molecule has 0 fully saturated rings. The van der Waals surface area contributed by atoms with Gasteiger partial charge in [-0.15, -0.1) is 0 Å². The molecule has 4 heteroatoms. The SMILES string of the molecule is C=Cc1c(C(=O)OCC)[nH]c2cnccc12. The van der Waals surface area contributed by atoms with Crippen LogP contribution in [0.1, 0.15) is 23.0 Å². The summed E-state index contributed by atoms with van der Waals surface area (Å²) in [5.41, 5.74) is 2.00. The standard InChI is InChI=1S/C12H12N2O2/c1-3-8-9-5-6-13-7-10(9)14-11(8)12(15)16-4-2/h3,5-7,14H,1,4H2,2H3. The summed E-state index contributed by atoms with van der Waals surface area (Å²) in [5, 5.41) is 0.924. The quantitative estimate of drug-likeness (QED) is 0.801. The molecule has 2 aromatic rings. The number of nitrogens with one attached hydrogen (secondary N) is 1. The van der Waals surface area contributed by atoms with E-state index in [-0.39, 0.29) is 5.97 Å². The summed E-state index contributed by atoms with van der Waals surface area (Å²) in [6, 6.07) is 1.84. The number of hydrogen-bond acceptors (Lipinski definition) is 3. The molecule has 0 saturated heterocycles. The number of H-pyrrole nitrogens is 1. The third-order valence-corrected chi connectivity index (χ3v) is 2.32. The number of esters is 1. The van der Waals surface area contributed by atoms with E-state index in [1.807, 2.05) is 6.07 Å². The van der Waals surface area contributed by atoms with Crippen LogP contribution in [0.15, 0.2) is 25.0 Å². The molecule has 2 rings (SSSR count). The van der Waals surface area contributed by atoms with Gasteiger partial charge in [-0.1, -0.05) is 12.7 Å². The minimum atomic E-state index is -0.367. The number of pyridine rings is 1. The highest BCUT2D eigenvalue weighted by Gasteiger charge is 2.16. The minimum absolute atomic E-state index is 0.350. The highest BCUT2D eigenvalue weighted by Crippen LogP contribution is 2.23. The number of aromatic amines is 1. The molecule has 0 atom stereocenters. The number of carbonyl (C=O) groups is 1. The summed E-state index contributed by atoms with van der Waals surface area (Å²) < 4.78 is 4.96. The second-order valence-corrected chi connectivity index (χ2v) is 3.26. The predicted molar refractivity (Wildman–Crippen MR) is 62.1 cm³/mol. The van der Waals surface area contributed by atoms with Gasteiger partial charge in [0.25, 0.3) is 0 Å². The fraction of sp³-hybridized carbons (Fsp3) is 0.167. The van der Waals surface area contributed by atoms with E-state index in [0.717, 1.165) is 16.5 Å². The lowest BCUT2D eigenvalue weighted by Crippen LogP contribution is -2.06. The van der Waals surface area contributed by atoms with Crippen LogP contribution < -0.4 is 0 Å². The Morgan fingerprint density at radius 3 is 3.19 bits per heavy atom. The molecule has 0 amide bonds. The van der Waals surface area contributed by atoms with E-state index in [4.69, 9.17) is 4.74 Å². The Bertz CT molecular complexity index is 543. The fourth-order valence-corrected chi connectivity index (χ4v) is 1.64.